The summed E-state index contributed by atoms with van der Waals surface area (Å²) >= 11 is 0. The van der Waals surface area contributed by atoms with E-state index in [0.717, 1.165) is 42.1 Å². The fourth-order valence-corrected chi connectivity index (χ4v) is 4.27. The summed E-state index contributed by atoms with van der Waals surface area (Å²) in [7, 11) is 1.70. The molecule has 2 atom stereocenters. The number of carbonyl (C=O) groups excluding carboxylic acids is 1. The van der Waals surface area contributed by atoms with Gasteiger partial charge in [-0.2, -0.15) is 0 Å². The van der Waals surface area contributed by atoms with E-state index in [1.807, 2.05) is 42.5 Å². The Kier molecular flexibility index (Phi) is 5.81. The highest BCUT2D eigenvalue weighted by Crippen LogP contribution is 2.32. The van der Waals surface area contributed by atoms with Crippen LogP contribution in [0.5, 0.6) is 11.5 Å². The molecule has 2 aromatic rings. The van der Waals surface area contributed by atoms with Crippen LogP contribution in [0.25, 0.3) is 0 Å². The minimum Gasteiger partial charge on any atom is -0.496 e. The van der Waals surface area contributed by atoms with Crippen molar-refractivity contribution >= 4 is 5.91 Å². The molecule has 0 unspecified atom stereocenters. The first-order valence-electron chi connectivity index (χ1n) is 10.1. The maximum atomic E-state index is 12.9. The number of rotatable bonds is 6. The van der Waals surface area contributed by atoms with Crippen LogP contribution in [0.4, 0.5) is 0 Å². The number of ether oxygens (including phenoxy) is 2. The molecule has 1 amide bonds. The third-order valence-electron chi connectivity index (χ3n) is 5.80. The standard InChI is InChI=1S/C23H28N2O3/c1-27-22-11-5-3-9-19(22)20(25-12-6-7-13-25)15-24-23(26)18-14-17-8-2-4-10-21(17)28-16-18/h2-5,8-11,18,20H,6-7,12-16H2,1H3,(H,24,26)/t18-,20-/m1/s1. The van der Waals surface area contributed by atoms with Crippen LogP contribution in [-0.4, -0.2) is 44.2 Å². The number of hydrogen-bond acceptors (Lipinski definition) is 4. The molecule has 2 heterocycles. The minimum atomic E-state index is -0.146. The third kappa shape index (κ3) is 3.99. The van der Waals surface area contributed by atoms with Gasteiger partial charge in [0.2, 0.25) is 5.91 Å². The lowest BCUT2D eigenvalue weighted by Crippen LogP contribution is -2.42. The van der Waals surface area contributed by atoms with Gasteiger partial charge in [0.05, 0.1) is 19.1 Å². The van der Waals surface area contributed by atoms with Gasteiger partial charge >= 0.3 is 0 Å². The summed E-state index contributed by atoms with van der Waals surface area (Å²) in [5, 5.41) is 3.19. The Bertz CT molecular complexity index is 817. The van der Waals surface area contributed by atoms with E-state index < -0.39 is 0 Å². The molecule has 5 nitrogen and oxygen atoms in total. The first-order chi connectivity index (χ1) is 13.8. The van der Waals surface area contributed by atoms with Gasteiger partial charge in [0, 0.05) is 12.1 Å². The number of benzene rings is 2. The molecule has 0 aliphatic carbocycles. The summed E-state index contributed by atoms with van der Waals surface area (Å²) in [4.78, 5) is 15.3. The van der Waals surface area contributed by atoms with Gasteiger partial charge in [-0.05, 0) is 50.0 Å². The smallest absolute Gasteiger partial charge is 0.226 e. The normalized spacial score (nSPS) is 20.1. The predicted molar refractivity (Wildman–Crippen MR) is 109 cm³/mol. The number of nitrogens with zero attached hydrogens (tertiary/aromatic N) is 1. The predicted octanol–water partition coefficient (Wildman–Crippen LogP) is 3.20. The largest absolute Gasteiger partial charge is 0.496 e. The molecular formula is C23H28N2O3. The molecular weight excluding hydrogens is 352 g/mol. The van der Waals surface area contributed by atoms with Crippen molar-refractivity contribution in [2.45, 2.75) is 25.3 Å². The fourth-order valence-electron chi connectivity index (χ4n) is 4.27. The number of methoxy groups -OCH3 is 1. The number of hydrogen-bond donors (Lipinski definition) is 1. The molecule has 28 heavy (non-hydrogen) atoms. The Hall–Kier alpha value is -2.53. The zero-order chi connectivity index (χ0) is 19.3. The number of amides is 1. The maximum absolute atomic E-state index is 12.9. The molecule has 5 heteroatoms. The maximum Gasteiger partial charge on any atom is 0.226 e. The number of carbonyl (C=O) groups is 1. The Morgan fingerprint density at radius 1 is 1.18 bits per heavy atom. The summed E-state index contributed by atoms with van der Waals surface area (Å²) in [6.45, 7) is 3.13. The van der Waals surface area contributed by atoms with Gasteiger partial charge in [-0.15, -0.1) is 0 Å². The van der Waals surface area contributed by atoms with Gasteiger partial charge in [-0.3, -0.25) is 9.69 Å². The molecule has 1 fully saturated rings. The molecule has 1 N–H and O–H groups in total. The van der Waals surface area contributed by atoms with E-state index in [0.29, 0.717) is 13.2 Å². The second-order valence-corrected chi connectivity index (χ2v) is 7.57. The van der Waals surface area contributed by atoms with Crippen molar-refractivity contribution in [3.63, 3.8) is 0 Å². The van der Waals surface area contributed by atoms with Crippen LogP contribution >= 0.6 is 0 Å². The van der Waals surface area contributed by atoms with Crippen LogP contribution in [0.15, 0.2) is 48.5 Å². The highest BCUT2D eigenvalue weighted by atomic mass is 16.5. The summed E-state index contributed by atoms with van der Waals surface area (Å²) in [5.41, 5.74) is 2.24. The molecule has 1 saturated heterocycles. The van der Waals surface area contributed by atoms with Gasteiger partial charge in [0.25, 0.3) is 0 Å². The second kappa shape index (κ2) is 8.65. The molecule has 0 radical (unpaired) electrons. The zero-order valence-corrected chi connectivity index (χ0v) is 16.4. The van der Waals surface area contributed by atoms with E-state index in [4.69, 9.17) is 9.47 Å². The highest BCUT2D eigenvalue weighted by molar-refractivity contribution is 5.79. The fraction of sp³-hybridized carbons (Fsp3) is 0.435. The first-order valence-corrected chi connectivity index (χ1v) is 10.1. The van der Waals surface area contributed by atoms with Gasteiger partial charge in [-0.25, -0.2) is 0 Å². The van der Waals surface area contributed by atoms with Crippen LogP contribution in [0.3, 0.4) is 0 Å². The Morgan fingerprint density at radius 3 is 2.75 bits per heavy atom. The lowest BCUT2D eigenvalue weighted by molar-refractivity contribution is -0.126. The molecule has 0 saturated carbocycles. The molecule has 4 rings (SSSR count). The van der Waals surface area contributed by atoms with E-state index >= 15 is 0 Å². The molecule has 2 aliphatic heterocycles. The van der Waals surface area contributed by atoms with Crippen LogP contribution in [-0.2, 0) is 11.2 Å². The van der Waals surface area contributed by atoms with E-state index in [2.05, 4.69) is 16.3 Å². The monoisotopic (exact) mass is 380 g/mol. The van der Waals surface area contributed by atoms with Crippen molar-refractivity contribution in [1.82, 2.24) is 10.2 Å². The average molecular weight is 380 g/mol. The van der Waals surface area contributed by atoms with Crippen molar-refractivity contribution in [3.05, 3.63) is 59.7 Å². The summed E-state index contributed by atoms with van der Waals surface area (Å²) in [6, 6.07) is 16.2. The summed E-state index contributed by atoms with van der Waals surface area (Å²) in [5.74, 6) is 1.69. The summed E-state index contributed by atoms with van der Waals surface area (Å²) < 4.78 is 11.4. The van der Waals surface area contributed by atoms with Crippen molar-refractivity contribution in [1.29, 1.82) is 0 Å². The number of para-hydroxylation sites is 2. The van der Waals surface area contributed by atoms with Crippen molar-refractivity contribution in [2.75, 3.05) is 33.4 Å². The molecule has 2 aliphatic rings. The average Bonchev–Trinajstić information content (AvgIpc) is 3.28. The molecule has 0 bridgehead atoms. The van der Waals surface area contributed by atoms with E-state index in [-0.39, 0.29) is 17.9 Å². The van der Waals surface area contributed by atoms with Crippen LogP contribution in [0.2, 0.25) is 0 Å². The van der Waals surface area contributed by atoms with Gasteiger partial charge < -0.3 is 14.8 Å². The van der Waals surface area contributed by atoms with Crippen LogP contribution in [0, 0.1) is 5.92 Å². The molecule has 0 spiro atoms. The Balaban J connectivity index is 1.45. The number of nitrogens with one attached hydrogen (secondary N) is 1. The highest BCUT2D eigenvalue weighted by Gasteiger charge is 2.29. The number of likely N-dealkylation sites (tertiary alicyclic amines) is 1. The van der Waals surface area contributed by atoms with Crippen LogP contribution in [0.1, 0.15) is 30.0 Å². The van der Waals surface area contributed by atoms with Crippen molar-refractivity contribution in [2.24, 2.45) is 5.92 Å². The topological polar surface area (TPSA) is 50.8 Å². The van der Waals surface area contributed by atoms with Crippen molar-refractivity contribution < 1.29 is 14.3 Å². The minimum absolute atomic E-state index is 0.0635. The Morgan fingerprint density at radius 2 is 1.93 bits per heavy atom. The third-order valence-corrected chi connectivity index (χ3v) is 5.80. The Labute approximate surface area is 166 Å². The van der Waals surface area contributed by atoms with Gasteiger partial charge in [-0.1, -0.05) is 36.4 Å². The van der Waals surface area contributed by atoms with Gasteiger partial charge in [0.15, 0.2) is 0 Å². The molecule has 148 valence electrons. The quantitative estimate of drug-likeness (QED) is 0.836. The zero-order valence-electron chi connectivity index (χ0n) is 16.4. The molecule has 2 aromatic carbocycles. The lowest BCUT2D eigenvalue weighted by atomic mass is 9.95. The van der Waals surface area contributed by atoms with E-state index in [9.17, 15) is 4.79 Å². The first kappa shape index (κ1) is 18.8. The SMILES string of the molecule is COc1ccccc1[C@@H](CNC(=O)[C@H]1COc2ccccc2C1)N1CCCC1. The van der Waals surface area contributed by atoms with E-state index in [1.165, 1.54) is 12.8 Å². The number of fused-ring (bicyclic) bond motifs is 1. The lowest BCUT2D eigenvalue weighted by Gasteiger charge is -2.30. The van der Waals surface area contributed by atoms with E-state index in [1.54, 1.807) is 7.11 Å². The van der Waals surface area contributed by atoms with Crippen molar-refractivity contribution in [3.8, 4) is 11.5 Å². The molecule has 0 aromatic heterocycles. The summed E-state index contributed by atoms with van der Waals surface area (Å²) in [6.07, 6.45) is 3.13. The second-order valence-electron chi connectivity index (χ2n) is 7.57. The van der Waals surface area contributed by atoms with Gasteiger partial charge in [0.1, 0.15) is 18.1 Å². The van der Waals surface area contributed by atoms with Crippen LogP contribution < -0.4 is 14.8 Å².